The number of hydrogen-bond donors (Lipinski definition) is 1. The Labute approximate surface area is 130 Å². The zero-order valence-corrected chi connectivity index (χ0v) is 14.0. The maximum Gasteiger partial charge on any atom is 0.215 e. The first-order chi connectivity index (χ1) is 9.99. The van der Waals surface area contributed by atoms with Gasteiger partial charge in [0.15, 0.2) is 5.96 Å². The molecule has 9 heteroatoms. The number of ether oxygens (including phenoxy) is 1. The predicted molar refractivity (Wildman–Crippen MR) is 86.2 cm³/mol. The van der Waals surface area contributed by atoms with Crippen LogP contribution in [-0.2, 0) is 14.8 Å². The summed E-state index contributed by atoms with van der Waals surface area (Å²) < 4.78 is 31.3. The Morgan fingerprint density at radius 2 is 2.10 bits per heavy atom. The molecule has 0 aromatic rings. The van der Waals surface area contributed by atoms with Crippen LogP contribution >= 0.6 is 11.8 Å². The number of morpholine rings is 1. The third-order valence-electron chi connectivity index (χ3n) is 3.55. The number of rotatable bonds is 4. The van der Waals surface area contributed by atoms with E-state index in [2.05, 4.69) is 4.99 Å². The van der Waals surface area contributed by atoms with Gasteiger partial charge in [-0.05, 0) is 6.92 Å². The van der Waals surface area contributed by atoms with E-state index >= 15 is 0 Å². The molecule has 2 heterocycles. The molecule has 2 aliphatic heterocycles. The lowest BCUT2D eigenvalue weighted by Gasteiger charge is -2.31. The lowest BCUT2D eigenvalue weighted by molar-refractivity contribution is 0.00531. The molecule has 0 aromatic carbocycles. The summed E-state index contributed by atoms with van der Waals surface area (Å²) in [7, 11) is -3.21. The number of sulfonamides is 1. The van der Waals surface area contributed by atoms with Gasteiger partial charge in [0.25, 0.3) is 0 Å². The molecular weight excluding hydrogens is 312 g/mol. The van der Waals surface area contributed by atoms with Gasteiger partial charge in [0, 0.05) is 37.7 Å². The fraction of sp³-hybridized carbons (Fsp3) is 0.917. The zero-order chi connectivity index (χ0) is 15.3. The molecule has 1 atom stereocenters. The second-order valence-electron chi connectivity index (χ2n) is 5.19. The van der Waals surface area contributed by atoms with Crippen LogP contribution in [0.25, 0.3) is 0 Å². The summed E-state index contributed by atoms with van der Waals surface area (Å²) in [5.41, 5.74) is 5.93. The number of guanidine groups is 1. The number of aliphatic imine (C=N–C) groups is 1. The number of nitrogens with two attached hydrogens (primary N) is 1. The molecule has 0 aliphatic carbocycles. The SMILES string of the molecule is CC1CN(C(N)=NCCS(=O)(=O)N2CCSCC2)CCO1. The van der Waals surface area contributed by atoms with Gasteiger partial charge in [-0.1, -0.05) is 0 Å². The van der Waals surface area contributed by atoms with Crippen LogP contribution in [0.4, 0.5) is 0 Å². The minimum absolute atomic E-state index is 0.0261. The predicted octanol–water partition coefficient (Wildman–Crippen LogP) is -0.600. The highest BCUT2D eigenvalue weighted by molar-refractivity contribution is 7.99. The zero-order valence-electron chi connectivity index (χ0n) is 12.4. The first-order valence-corrected chi connectivity index (χ1v) is 9.97. The summed E-state index contributed by atoms with van der Waals surface area (Å²) in [5.74, 6) is 2.18. The maximum absolute atomic E-state index is 12.2. The van der Waals surface area contributed by atoms with Gasteiger partial charge in [0.05, 0.1) is 25.0 Å². The van der Waals surface area contributed by atoms with Crippen LogP contribution in [0.3, 0.4) is 0 Å². The van der Waals surface area contributed by atoms with Crippen molar-refractivity contribution >= 4 is 27.7 Å². The topological polar surface area (TPSA) is 88.2 Å². The van der Waals surface area contributed by atoms with E-state index < -0.39 is 10.0 Å². The highest BCUT2D eigenvalue weighted by Crippen LogP contribution is 2.13. The molecule has 0 amide bonds. The summed E-state index contributed by atoms with van der Waals surface area (Å²) in [4.78, 5) is 6.16. The van der Waals surface area contributed by atoms with E-state index in [4.69, 9.17) is 10.5 Å². The first kappa shape index (κ1) is 16.9. The van der Waals surface area contributed by atoms with Crippen molar-refractivity contribution in [3.63, 3.8) is 0 Å². The Balaban J connectivity index is 1.82. The molecule has 0 aromatic heterocycles. The Hall–Kier alpha value is -0.510. The fourth-order valence-corrected chi connectivity index (χ4v) is 4.81. The minimum Gasteiger partial charge on any atom is -0.375 e. The van der Waals surface area contributed by atoms with Gasteiger partial charge < -0.3 is 15.4 Å². The molecule has 0 bridgehead atoms. The Morgan fingerprint density at radius 3 is 2.76 bits per heavy atom. The largest absolute Gasteiger partial charge is 0.375 e. The highest BCUT2D eigenvalue weighted by atomic mass is 32.2. The van der Waals surface area contributed by atoms with Gasteiger partial charge in [0.2, 0.25) is 10.0 Å². The van der Waals surface area contributed by atoms with E-state index in [0.29, 0.717) is 38.7 Å². The van der Waals surface area contributed by atoms with Crippen molar-refractivity contribution in [1.29, 1.82) is 0 Å². The molecule has 21 heavy (non-hydrogen) atoms. The van der Waals surface area contributed by atoms with Crippen molar-refractivity contribution in [2.45, 2.75) is 13.0 Å². The fourth-order valence-electron chi connectivity index (χ4n) is 2.36. The summed E-state index contributed by atoms with van der Waals surface area (Å²) >= 11 is 1.79. The standard InChI is InChI=1S/C12H24N4O3S2/c1-11-10-15(3-6-19-11)12(13)14-2-9-21(17,18)16-4-7-20-8-5-16/h11H,2-10H2,1H3,(H2,13,14). The third kappa shape index (κ3) is 5.01. The Kier molecular flexibility index (Phi) is 6.15. The van der Waals surface area contributed by atoms with Crippen LogP contribution in [0.2, 0.25) is 0 Å². The normalized spacial score (nSPS) is 26.0. The van der Waals surface area contributed by atoms with Gasteiger partial charge >= 0.3 is 0 Å². The van der Waals surface area contributed by atoms with E-state index in [-0.39, 0.29) is 18.4 Å². The molecule has 2 aliphatic rings. The van der Waals surface area contributed by atoms with Gasteiger partial charge in [0.1, 0.15) is 0 Å². The number of nitrogens with zero attached hydrogens (tertiary/aromatic N) is 3. The number of hydrogen-bond acceptors (Lipinski definition) is 5. The van der Waals surface area contributed by atoms with Crippen molar-refractivity contribution in [2.75, 3.05) is 56.6 Å². The van der Waals surface area contributed by atoms with Crippen LogP contribution in [0.1, 0.15) is 6.92 Å². The van der Waals surface area contributed by atoms with Crippen molar-refractivity contribution in [3.05, 3.63) is 0 Å². The van der Waals surface area contributed by atoms with E-state index in [1.807, 2.05) is 11.8 Å². The second-order valence-corrected chi connectivity index (χ2v) is 8.51. The second kappa shape index (κ2) is 7.66. The Morgan fingerprint density at radius 1 is 1.38 bits per heavy atom. The van der Waals surface area contributed by atoms with Gasteiger partial charge in [-0.2, -0.15) is 11.8 Å². The lowest BCUT2D eigenvalue weighted by atomic mass is 10.3. The highest BCUT2D eigenvalue weighted by Gasteiger charge is 2.24. The molecule has 2 N–H and O–H groups in total. The summed E-state index contributed by atoms with van der Waals surface area (Å²) in [6.07, 6.45) is 0.127. The van der Waals surface area contributed by atoms with Crippen LogP contribution in [0, 0.1) is 0 Å². The van der Waals surface area contributed by atoms with Crippen molar-refractivity contribution < 1.29 is 13.2 Å². The molecule has 7 nitrogen and oxygen atoms in total. The van der Waals surface area contributed by atoms with Crippen LogP contribution in [0.15, 0.2) is 4.99 Å². The van der Waals surface area contributed by atoms with E-state index in [0.717, 1.165) is 11.5 Å². The quantitative estimate of drug-likeness (QED) is 0.545. The molecule has 2 rings (SSSR count). The van der Waals surface area contributed by atoms with E-state index in [1.165, 1.54) is 0 Å². The average Bonchev–Trinajstić information content (AvgIpc) is 2.48. The van der Waals surface area contributed by atoms with Crippen LogP contribution < -0.4 is 5.73 Å². The molecule has 2 saturated heterocycles. The monoisotopic (exact) mass is 336 g/mol. The molecule has 2 fully saturated rings. The maximum atomic E-state index is 12.2. The molecule has 0 spiro atoms. The molecule has 0 saturated carbocycles. The number of thioether (sulfide) groups is 1. The van der Waals surface area contributed by atoms with Gasteiger partial charge in [-0.3, -0.25) is 4.99 Å². The van der Waals surface area contributed by atoms with Crippen molar-refractivity contribution in [3.8, 4) is 0 Å². The molecular formula is C12H24N4O3S2. The third-order valence-corrected chi connectivity index (χ3v) is 6.34. The lowest BCUT2D eigenvalue weighted by Crippen LogP contribution is -2.48. The summed E-state index contributed by atoms with van der Waals surface area (Å²) in [6.45, 7) is 5.44. The molecule has 1 unspecified atom stereocenters. The van der Waals surface area contributed by atoms with Gasteiger partial charge in [-0.25, -0.2) is 12.7 Å². The average molecular weight is 336 g/mol. The molecule has 0 radical (unpaired) electrons. The van der Waals surface area contributed by atoms with E-state index in [1.54, 1.807) is 16.1 Å². The van der Waals surface area contributed by atoms with E-state index in [9.17, 15) is 8.42 Å². The Bertz CT molecular complexity index is 463. The smallest absolute Gasteiger partial charge is 0.215 e. The van der Waals surface area contributed by atoms with Gasteiger partial charge in [-0.15, -0.1) is 0 Å². The molecule has 122 valence electrons. The minimum atomic E-state index is -3.21. The summed E-state index contributed by atoms with van der Waals surface area (Å²) in [6, 6.07) is 0. The summed E-state index contributed by atoms with van der Waals surface area (Å²) in [5, 5.41) is 0. The van der Waals surface area contributed by atoms with Crippen LogP contribution in [-0.4, -0.2) is 86.3 Å². The van der Waals surface area contributed by atoms with Crippen molar-refractivity contribution in [2.24, 2.45) is 10.7 Å². The first-order valence-electron chi connectivity index (χ1n) is 7.21. The van der Waals surface area contributed by atoms with Crippen molar-refractivity contribution in [1.82, 2.24) is 9.21 Å². The van der Waals surface area contributed by atoms with Crippen LogP contribution in [0.5, 0.6) is 0 Å².